The standard InChI is InChI=1S/C13H11BrN4/c1-8-5-10(14)6-9(2)12(8)18-13-16-4-3-11(7-15)17-13/h3-6H,1-2H3,(H,16,17,18). The van der Waals surface area contributed by atoms with Gasteiger partial charge in [-0.25, -0.2) is 9.97 Å². The first-order valence-electron chi connectivity index (χ1n) is 5.37. The van der Waals surface area contributed by atoms with Crippen molar-refractivity contribution in [2.24, 2.45) is 0 Å². The van der Waals surface area contributed by atoms with E-state index in [1.165, 1.54) is 0 Å². The number of aromatic nitrogens is 2. The van der Waals surface area contributed by atoms with Crippen LogP contribution >= 0.6 is 15.9 Å². The summed E-state index contributed by atoms with van der Waals surface area (Å²) in [5.41, 5.74) is 3.49. The number of nitrogens with zero attached hydrogens (tertiary/aromatic N) is 3. The van der Waals surface area contributed by atoms with Crippen LogP contribution in [-0.4, -0.2) is 9.97 Å². The minimum Gasteiger partial charge on any atom is -0.324 e. The summed E-state index contributed by atoms with van der Waals surface area (Å²) in [5.74, 6) is 0.433. The molecule has 0 aliphatic rings. The van der Waals surface area contributed by atoms with Gasteiger partial charge in [0.25, 0.3) is 0 Å². The molecule has 2 aromatic rings. The Hall–Kier alpha value is -1.93. The second-order valence-corrected chi connectivity index (χ2v) is 4.83. The lowest BCUT2D eigenvalue weighted by Gasteiger charge is -2.12. The van der Waals surface area contributed by atoms with Crippen molar-refractivity contribution in [3.8, 4) is 6.07 Å². The second kappa shape index (κ2) is 5.15. The van der Waals surface area contributed by atoms with Crippen LogP contribution in [0.3, 0.4) is 0 Å². The van der Waals surface area contributed by atoms with Gasteiger partial charge < -0.3 is 5.32 Å². The third kappa shape index (κ3) is 2.66. The SMILES string of the molecule is Cc1cc(Br)cc(C)c1Nc1nccc(C#N)n1. The molecule has 2 rings (SSSR count). The highest BCUT2D eigenvalue weighted by molar-refractivity contribution is 9.10. The molecule has 0 radical (unpaired) electrons. The quantitative estimate of drug-likeness (QED) is 0.922. The molecule has 0 aliphatic heterocycles. The molecule has 0 atom stereocenters. The van der Waals surface area contributed by atoms with Crippen molar-refractivity contribution < 1.29 is 0 Å². The van der Waals surface area contributed by atoms with Gasteiger partial charge in [0.2, 0.25) is 5.95 Å². The van der Waals surface area contributed by atoms with Crippen molar-refractivity contribution in [1.82, 2.24) is 9.97 Å². The Bertz CT molecular complexity index is 608. The topological polar surface area (TPSA) is 61.6 Å². The Labute approximate surface area is 114 Å². The summed E-state index contributed by atoms with van der Waals surface area (Å²) < 4.78 is 1.04. The van der Waals surface area contributed by atoms with E-state index in [2.05, 4.69) is 31.2 Å². The molecule has 0 saturated carbocycles. The van der Waals surface area contributed by atoms with Gasteiger partial charge in [-0.2, -0.15) is 5.26 Å². The third-order valence-electron chi connectivity index (χ3n) is 2.50. The summed E-state index contributed by atoms with van der Waals surface area (Å²) >= 11 is 3.45. The zero-order chi connectivity index (χ0) is 13.1. The number of halogens is 1. The maximum atomic E-state index is 8.80. The van der Waals surface area contributed by atoms with Crippen molar-refractivity contribution in [3.05, 3.63) is 45.7 Å². The molecule has 0 bridgehead atoms. The predicted octanol–water partition coefficient (Wildman–Crippen LogP) is 3.47. The normalized spacial score (nSPS) is 9.89. The number of aryl methyl sites for hydroxylation is 2. The lowest BCUT2D eigenvalue weighted by atomic mass is 10.1. The summed E-state index contributed by atoms with van der Waals surface area (Å²) in [7, 11) is 0. The van der Waals surface area contributed by atoms with Crippen LogP contribution in [0.4, 0.5) is 11.6 Å². The second-order valence-electron chi connectivity index (χ2n) is 3.92. The number of nitriles is 1. The number of hydrogen-bond donors (Lipinski definition) is 1. The molecule has 1 heterocycles. The molecule has 1 aromatic carbocycles. The van der Waals surface area contributed by atoms with Crippen LogP contribution in [0.1, 0.15) is 16.8 Å². The first-order valence-corrected chi connectivity index (χ1v) is 6.16. The fourth-order valence-corrected chi connectivity index (χ4v) is 2.39. The average Bonchev–Trinajstić information content (AvgIpc) is 2.34. The van der Waals surface area contributed by atoms with Crippen molar-refractivity contribution in [2.75, 3.05) is 5.32 Å². The maximum Gasteiger partial charge on any atom is 0.228 e. The Morgan fingerprint density at radius 1 is 1.28 bits per heavy atom. The summed E-state index contributed by atoms with van der Waals surface area (Å²) in [4.78, 5) is 8.20. The molecular formula is C13H11BrN4. The first-order chi connectivity index (χ1) is 8.60. The van der Waals surface area contributed by atoms with Crippen LogP contribution in [0.15, 0.2) is 28.9 Å². The summed E-state index contributed by atoms with van der Waals surface area (Å²) in [5, 5.41) is 11.9. The number of anilines is 2. The summed E-state index contributed by atoms with van der Waals surface area (Å²) in [6.45, 7) is 4.02. The van der Waals surface area contributed by atoms with Crippen molar-refractivity contribution in [3.63, 3.8) is 0 Å². The molecule has 90 valence electrons. The van der Waals surface area contributed by atoms with E-state index in [-0.39, 0.29) is 0 Å². The van der Waals surface area contributed by atoms with Gasteiger partial charge in [0.15, 0.2) is 0 Å². The van der Waals surface area contributed by atoms with Crippen LogP contribution in [0.25, 0.3) is 0 Å². The van der Waals surface area contributed by atoms with E-state index in [4.69, 9.17) is 5.26 Å². The molecule has 0 unspecified atom stereocenters. The largest absolute Gasteiger partial charge is 0.324 e. The molecule has 0 spiro atoms. The van der Waals surface area contributed by atoms with E-state index in [0.717, 1.165) is 21.3 Å². The maximum absolute atomic E-state index is 8.80. The highest BCUT2D eigenvalue weighted by Crippen LogP contribution is 2.26. The smallest absolute Gasteiger partial charge is 0.228 e. The average molecular weight is 303 g/mol. The number of nitrogens with one attached hydrogen (secondary N) is 1. The van der Waals surface area contributed by atoms with Crippen LogP contribution in [0.2, 0.25) is 0 Å². The Morgan fingerprint density at radius 2 is 1.94 bits per heavy atom. The van der Waals surface area contributed by atoms with Gasteiger partial charge in [-0.05, 0) is 43.2 Å². The molecule has 4 nitrogen and oxygen atoms in total. The number of hydrogen-bond acceptors (Lipinski definition) is 4. The lowest BCUT2D eigenvalue weighted by Crippen LogP contribution is -2.01. The lowest BCUT2D eigenvalue weighted by molar-refractivity contribution is 1.13. The Morgan fingerprint density at radius 3 is 2.56 bits per heavy atom. The number of benzene rings is 1. The monoisotopic (exact) mass is 302 g/mol. The van der Waals surface area contributed by atoms with E-state index >= 15 is 0 Å². The fraction of sp³-hybridized carbons (Fsp3) is 0.154. The summed E-state index contributed by atoms with van der Waals surface area (Å²) in [6, 6.07) is 7.60. The van der Waals surface area contributed by atoms with E-state index in [9.17, 15) is 0 Å². The van der Waals surface area contributed by atoms with Gasteiger partial charge in [0.1, 0.15) is 11.8 Å². The highest BCUT2D eigenvalue weighted by atomic mass is 79.9. The third-order valence-corrected chi connectivity index (χ3v) is 2.96. The molecule has 0 aliphatic carbocycles. The van der Waals surface area contributed by atoms with Gasteiger partial charge in [-0.15, -0.1) is 0 Å². The Kier molecular flexibility index (Phi) is 3.58. The molecule has 0 fully saturated rings. The van der Waals surface area contributed by atoms with Crippen molar-refractivity contribution >= 4 is 27.6 Å². The molecule has 0 amide bonds. The Balaban J connectivity index is 2.37. The minimum atomic E-state index is 0.347. The molecule has 18 heavy (non-hydrogen) atoms. The predicted molar refractivity (Wildman–Crippen MR) is 73.6 cm³/mol. The van der Waals surface area contributed by atoms with Crippen molar-refractivity contribution in [1.29, 1.82) is 5.26 Å². The van der Waals surface area contributed by atoms with Gasteiger partial charge >= 0.3 is 0 Å². The number of rotatable bonds is 2. The molecule has 0 saturated heterocycles. The van der Waals surface area contributed by atoms with Crippen molar-refractivity contribution in [2.45, 2.75) is 13.8 Å². The molecular weight excluding hydrogens is 292 g/mol. The van der Waals surface area contributed by atoms with Gasteiger partial charge in [-0.1, -0.05) is 15.9 Å². The highest BCUT2D eigenvalue weighted by Gasteiger charge is 2.06. The molecule has 5 heteroatoms. The van der Waals surface area contributed by atoms with Crippen LogP contribution in [0, 0.1) is 25.2 Å². The minimum absolute atomic E-state index is 0.347. The zero-order valence-electron chi connectivity index (χ0n) is 10.0. The van der Waals surface area contributed by atoms with E-state index < -0.39 is 0 Å². The van der Waals surface area contributed by atoms with E-state index in [1.54, 1.807) is 12.3 Å². The van der Waals surface area contributed by atoms with Gasteiger partial charge in [0.05, 0.1) is 0 Å². The van der Waals surface area contributed by atoms with Gasteiger partial charge in [-0.3, -0.25) is 0 Å². The zero-order valence-corrected chi connectivity index (χ0v) is 11.6. The fourth-order valence-electron chi connectivity index (χ4n) is 1.70. The van der Waals surface area contributed by atoms with Gasteiger partial charge in [0, 0.05) is 16.4 Å². The molecule has 1 aromatic heterocycles. The van der Waals surface area contributed by atoms with E-state index in [1.807, 2.05) is 32.0 Å². The summed E-state index contributed by atoms with van der Waals surface area (Å²) in [6.07, 6.45) is 1.57. The van der Waals surface area contributed by atoms with E-state index in [0.29, 0.717) is 11.6 Å². The van der Waals surface area contributed by atoms with Crippen LogP contribution < -0.4 is 5.32 Å². The first kappa shape index (κ1) is 12.5. The molecule has 1 N–H and O–H groups in total. The van der Waals surface area contributed by atoms with Crippen LogP contribution in [-0.2, 0) is 0 Å². The van der Waals surface area contributed by atoms with Crippen LogP contribution in [0.5, 0.6) is 0 Å².